The number of benzene rings is 1. The van der Waals surface area contributed by atoms with E-state index in [0.717, 1.165) is 24.0 Å². The van der Waals surface area contributed by atoms with Crippen LogP contribution in [0, 0.1) is 5.41 Å². The summed E-state index contributed by atoms with van der Waals surface area (Å²) in [6.45, 7) is 5.79. The number of ether oxygens (including phenoxy) is 1. The Balaban J connectivity index is 1.56. The highest BCUT2D eigenvalue weighted by atomic mass is 32.1. The number of carbonyl (C=O) groups excluding carboxylic acids is 2. The van der Waals surface area contributed by atoms with E-state index in [1.54, 1.807) is 17.4 Å². The highest BCUT2D eigenvalue weighted by Gasteiger charge is 2.47. The standard InChI is InChI=1S/C24H28N2O3S/c1-2-11-25-23(28)24(10-12-26(17-24)22(27)20-8-4-13-29-20)16-18-6-3-7-19(15-18)21-9-5-14-30-21/h2-3,5-7,9,14-15,20H,1,4,8,10-13,16-17H2,(H,25,28)/t20-,24-/m1/s1. The molecule has 6 heteroatoms. The van der Waals surface area contributed by atoms with E-state index >= 15 is 0 Å². The van der Waals surface area contributed by atoms with Gasteiger partial charge in [-0.15, -0.1) is 17.9 Å². The van der Waals surface area contributed by atoms with Crippen molar-refractivity contribution >= 4 is 23.2 Å². The van der Waals surface area contributed by atoms with Crippen LogP contribution in [-0.2, 0) is 20.7 Å². The van der Waals surface area contributed by atoms with Crippen molar-refractivity contribution in [2.24, 2.45) is 5.41 Å². The van der Waals surface area contributed by atoms with Crippen LogP contribution < -0.4 is 5.32 Å². The molecule has 1 aromatic carbocycles. The molecule has 2 atom stereocenters. The minimum atomic E-state index is -0.634. The zero-order chi connectivity index (χ0) is 21.0. The van der Waals surface area contributed by atoms with E-state index in [4.69, 9.17) is 4.74 Å². The molecule has 0 radical (unpaired) electrons. The molecule has 0 unspecified atom stereocenters. The SMILES string of the molecule is C=CCNC(=O)[C@@]1(Cc2cccc(-c3cccs3)c2)CCN(C(=O)[C@H]2CCCO2)C1. The zero-order valence-electron chi connectivity index (χ0n) is 17.1. The maximum atomic E-state index is 13.2. The van der Waals surface area contributed by atoms with Crippen molar-refractivity contribution in [1.29, 1.82) is 0 Å². The van der Waals surface area contributed by atoms with Crippen molar-refractivity contribution in [1.82, 2.24) is 10.2 Å². The smallest absolute Gasteiger partial charge is 0.251 e. The van der Waals surface area contributed by atoms with Gasteiger partial charge >= 0.3 is 0 Å². The molecule has 1 N–H and O–H groups in total. The third kappa shape index (κ3) is 4.35. The van der Waals surface area contributed by atoms with Crippen molar-refractivity contribution in [3.63, 3.8) is 0 Å². The van der Waals surface area contributed by atoms with Gasteiger partial charge in [0.25, 0.3) is 5.91 Å². The first-order valence-corrected chi connectivity index (χ1v) is 11.4. The lowest BCUT2D eigenvalue weighted by molar-refractivity contribution is -0.141. The lowest BCUT2D eigenvalue weighted by Gasteiger charge is -2.29. The molecule has 2 aliphatic heterocycles. The van der Waals surface area contributed by atoms with Crippen LogP contribution >= 0.6 is 11.3 Å². The lowest BCUT2D eigenvalue weighted by Crippen LogP contribution is -2.46. The first-order valence-electron chi connectivity index (χ1n) is 10.5. The van der Waals surface area contributed by atoms with Crippen molar-refractivity contribution < 1.29 is 14.3 Å². The van der Waals surface area contributed by atoms with Gasteiger partial charge in [0.1, 0.15) is 6.10 Å². The van der Waals surface area contributed by atoms with Gasteiger partial charge in [-0.25, -0.2) is 0 Å². The molecule has 1 aromatic heterocycles. The number of rotatable bonds is 7. The lowest BCUT2D eigenvalue weighted by atomic mass is 9.79. The predicted octanol–water partition coefficient (Wildman–Crippen LogP) is 3.66. The van der Waals surface area contributed by atoms with Gasteiger partial charge in [0.15, 0.2) is 0 Å². The Morgan fingerprint density at radius 1 is 1.33 bits per heavy atom. The van der Waals surface area contributed by atoms with E-state index in [1.165, 1.54) is 4.88 Å². The summed E-state index contributed by atoms with van der Waals surface area (Å²) in [6, 6.07) is 12.5. The van der Waals surface area contributed by atoms with Crippen LogP contribution in [0.25, 0.3) is 10.4 Å². The van der Waals surface area contributed by atoms with E-state index in [9.17, 15) is 9.59 Å². The Hall–Kier alpha value is -2.44. The summed E-state index contributed by atoms with van der Waals surface area (Å²) in [5, 5.41) is 5.05. The normalized spacial score (nSPS) is 23.5. The summed E-state index contributed by atoms with van der Waals surface area (Å²) >= 11 is 1.71. The fourth-order valence-electron chi connectivity index (χ4n) is 4.47. The molecule has 4 rings (SSSR count). The molecule has 2 saturated heterocycles. The molecule has 30 heavy (non-hydrogen) atoms. The minimum Gasteiger partial charge on any atom is -0.368 e. The Bertz CT molecular complexity index is 905. The van der Waals surface area contributed by atoms with Crippen molar-refractivity contribution in [3.8, 4) is 10.4 Å². The number of likely N-dealkylation sites (tertiary alicyclic amines) is 1. The van der Waals surface area contributed by atoms with Crippen LogP contribution in [0.4, 0.5) is 0 Å². The number of hydrogen-bond donors (Lipinski definition) is 1. The van der Waals surface area contributed by atoms with E-state index in [0.29, 0.717) is 39.1 Å². The Morgan fingerprint density at radius 3 is 2.97 bits per heavy atom. The van der Waals surface area contributed by atoms with Crippen LogP contribution in [0.5, 0.6) is 0 Å². The first-order chi connectivity index (χ1) is 14.6. The second-order valence-corrected chi connectivity index (χ2v) is 9.09. The summed E-state index contributed by atoms with van der Waals surface area (Å²) in [5.41, 5.74) is 1.64. The molecule has 0 spiro atoms. The molecule has 0 saturated carbocycles. The van der Waals surface area contributed by atoms with E-state index in [1.807, 2.05) is 17.0 Å². The van der Waals surface area contributed by atoms with Crippen LogP contribution in [0.2, 0.25) is 0 Å². The number of hydrogen-bond acceptors (Lipinski definition) is 4. The number of amides is 2. The van der Waals surface area contributed by atoms with Crippen molar-refractivity contribution in [3.05, 3.63) is 60.0 Å². The minimum absolute atomic E-state index is 0.00781. The average molecular weight is 425 g/mol. The monoisotopic (exact) mass is 424 g/mol. The number of carbonyl (C=O) groups is 2. The number of nitrogens with one attached hydrogen (secondary N) is 1. The van der Waals surface area contributed by atoms with Gasteiger partial charge in [0, 0.05) is 31.1 Å². The molecule has 2 aliphatic rings. The quantitative estimate of drug-likeness (QED) is 0.690. The van der Waals surface area contributed by atoms with Crippen molar-refractivity contribution in [2.75, 3.05) is 26.2 Å². The molecule has 0 bridgehead atoms. The molecule has 2 aromatic rings. The molecule has 2 fully saturated rings. The van der Waals surface area contributed by atoms with Gasteiger partial charge in [0.05, 0.1) is 5.41 Å². The van der Waals surface area contributed by atoms with E-state index in [-0.39, 0.29) is 17.9 Å². The Morgan fingerprint density at radius 2 is 2.23 bits per heavy atom. The number of thiophene rings is 1. The van der Waals surface area contributed by atoms with Crippen LogP contribution in [0.1, 0.15) is 24.8 Å². The molecule has 0 aliphatic carbocycles. The highest BCUT2D eigenvalue weighted by molar-refractivity contribution is 7.13. The second-order valence-electron chi connectivity index (χ2n) is 8.14. The average Bonchev–Trinajstić information content (AvgIpc) is 3.54. The Kier molecular flexibility index (Phi) is 6.35. The maximum Gasteiger partial charge on any atom is 0.251 e. The number of nitrogens with zero attached hydrogens (tertiary/aromatic N) is 1. The third-order valence-corrected chi connectivity index (χ3v) is 6.95. The van der Waals surface area contributed by atoms with Crippen molar-refractivity contribution in [2.45, 2.75) is 31.8 Å². The fourth-order valence-corrected chi connectivity index (χ4v) is 5.19. The zero-order valence-corrected chi connectivity index (χ0v) is 18.0. The molecular formula is C24H28N2O3S. The maximum absolute atomic E-state index is 13.2. The molecule has 2 amide bonds. The topological polar surface area (TPSA) is 58.6 Å². The molecule has 5 nitrogen and oxygen atoms in total. The third-order valence-electron chi connectivity index (χ3n) is 6.03. The summed E-state index contributed by atoms with van der Waals surface area (Å²) in [6.07, 6.45) is 4.28. The van der Waals surface area contributed by atoms with Crippen LogP contribution in [0.15, 0.2) is 54.4 Å². The van der Waals surface area contributed by atoms with Gasteiger partial charge in [-0.2, -0.15) is 0 Å². The summed E-state index contributed by atoms with van der Waals surface area (Å²) in [5.74, 6) is 0.0183. The molecule has 3 heterocycles. The molecular weight excluding hydrogens is 396 g/mol. The van der Waals surface area contributed by atoms with Crippen LogP contribution in [-0.4, -0.2) is 49.1 Å². The molecule has 158 valence electrons. The summed E-state index contributed by atoms with van der Waals surface area (Å²) in [7, 11) is 0. The van der Waals surface area contributed by atoms with E-state index < -0.39 is 5.41 Å². The van der Waals surface area contributed by atoms with Gasteiger partial charge in [-0.05, 0) is 48.3 Å². The van der Waals surface area contributed by atoms with Gasteiger partial charge in [-0.1, -0.05) is 36.4 Å². The van der Waals surface area contributed by atoms with Crippen LogP contribution in [0.3, 0.4) is 0 Å². The largest absolute Gasteiger partial charge is 0.368 e. The summed E-state index contributed by atoms with van der Waals surface area (Å²) < 4.78 is 5.59. The highest BCUT2D eigenvalue weighted by Crippen LogP contribution is 2.37. The second kappa shape index (κ2) is 9.14. The Labute approximate surface area is 181 Å². The first kappa shape index (κ1) is 20.8. The predicted molar refractivity (Wildman–Crippen MR) is 119 cm³/mol. The van der Waals surface area contributed by atoms with Gasteiger partial charge in [0.2, 0.25) is 5.91 Å². The fraction of sp³-hybridized carbons (Fsp3) is 0.417. The van der Waals surface area contributed by atoms with Gasteiger partial charge in [-0.3, -0.25) is 9.59 Å². The van der Waals surface area contributed by atoms with Gasteiger partial charge < -0.3 is 15.0 Å². The van der Waals surface area contributed by atoms with E-state index in [2.05, 4.69) is 41.5 Å². The summed E-state index contributed by atoms with van der Waals surface area (Å²) in [4.78, 5) is 29.1.